The monoisotopic (exact) mass is 504 g/mol. The molecule has 3 aromatic heterocycles. The fourth-order valence-corrected chi connectivity index (χ4v) is 4.29. The van der Waals surface area contributed by atoms with Gasteiger partial charge in [-0.2, -0.15) is 10.1 Å². The number of anilines is 2. The third-order valence-corrected chi connectivity index (χ3v) is 6.50. The molecular formula is C26H29FN8O2. The van der Waals surface area contributed by atoms with Crippen molar-refractivity contribution in [3.63, 3.8) is 0 Å². The Labute approximate surface area is 212 Å². The Morgan fingerprint density at radius 1 is 1.16 bits per heavy atom. The summed E-state index contributed by atoms with van der Waals surface area (Å²) in [5, 5.41) is 14.1. The Morgan fingerprint density at radius 3 is 2.57 bits per heavy atom. The fourth-order valence-electron chi connectivity index (χ4n) is 4.29. The number of aromatic nitrogens is 5. The molecule has 1 aliphatic carbocycles. The quantitative estimate of drug-likeness (QED) is 0.382. The van der Waals surface area contributed by atoms with Crippen LogP contribution in [0.15, 0.2) is 47.4 Å². The van der Waals surface area contributed by atoms with Crippen molar-refractivity contribution < 1.29 is 9.18 Å². The molecule has 1 fully saturated rings. The van der Waals surface area contributed by atoms with Gasteiger partial charge in [0.05, 0.1) is 11.4 Å². The molecule has 192 valence electrons. The van der Waals surface area contributed by atoms with E-state index in [-0.39, 0.29) is 28.8 Å². The summed E-state index contributed by atoms with van der Waals surface area (Å²) in [6.07, 6.45) is 2.33. The smallest absolute Gasteiger partial charge is 0.320 e. The molecule has 0 bridgehead atoms. The predicted molar refractivity (Wildman–Crippen MR) is 140 cm³/mol. The minimum absolute atomic E-state index is 0.107. The number of pyridine rings is 1. The van der Waals surface area contributed by atoms with E-state index in [4.69, 9.17) is 0 Å². The summed E-state index contributed by atoms with van der Waals surface area (Å²) >= 11 is 0. The molecule has 0 spiro atoms. The predicted octanol–water partition coefficient (Wildman–Crippen LogP) is 3.67. The highest BCUT2D eigenvalue weighted by Gasteiger charge is 2.42. The molecule has 0 aliphatic heterocycles. The second-order valence-electron chi connectivity index (χ2n) is 10.3. The molecule has 10 nitrogen and oxygen atoms in total. The molecule has 3 N–H and O–H groups in total. The Kier molecular flexibility index (Phi) is 5.93. The molecule has 0 saturated heterocycles. The second kappa shape index (κ2) is 8.99. The SMILES string of the molecule is CNc1ncc2cc(C3CC3NC(=O)Nc3cc(C(C)(C)C)nn3-c3ccc(F)cc3)c(=O)n(C)c2n1. The van der Waals surface area contributed by atoms with E-state index in [2.05, 4.69) is 31.0 Å². The van der Waals surface area contributed by atoms with Crippen LogP contribution in [-0.4, -0.2) is 43.4 Å². The molecule has 3 heterocycles. The van der Waals surface area contributed by atoms with E-state index in [0.717, 1.165) is 11.1 Å². The number of nitrogens with one attached hydrogen (secondary N) is 3. The van der Waals surface area contributed by atoms with Crippen LogP contribution in [0.25, 0.3) is 16.7 Å². The van der Waals surface area contributed by atoms with Crippen molar-refractivity contribution in [2.24, 2.45) is 7.05 Å². The van der Waals surface area contributed by atoms with E-state index < -0.39 is 6.03 Å². The van der Waals surface area contributed by atoms with E-state index in [1.165, 1.54) is 16.7 Å². The van der Waals surface area contributed by atoms with Crippen molar-refractivity contribution in [2.75, 3.05) is 17.7 Å². The number of hydrogen-bond acceptors (Lipinski definition) is 6. The zero-order valence-corrected chi connectivity index (χ0v) is 21.3. The number of carbonyl (C=O) groups is 1. The second-order valence-corrected chi connectivity index (χ2v) is 10.3. The highest BCUT2D eigenvalue weighted by Crippen LogP contribution is 2.40. The van der Waals surface area contributed by atoms with E-state index in [1.807, 2.05) is 26.8 Å². The highest BCUT2D eigenvalue weighted by molar-refractivity contribution is 5.89. The molecule has 37 heavy (non-hydrogen) atoms. The van der Waals surface area contributed by atoms with E-state index in [1.54, 1.807) is 43.2 Å². The molecule has 11 heteroatoms. The average Bonchev–Trinajstić information content (AvgIpc) is 3.47. The van der Waals surface area contributed by atoms with Crippen LogP contribution in [0.2, 0.25) is 0 Å². The number of hydrogen-bond donors (Lipinski definition) is 3. The number of amides is 2. The maximum atomic E-state index is 13.5. The number of benzene rings is 1. The van der Waals surface area contributed by atoms with Crippen molar-refractivity contribution in [1.29, 1.82) is 0 Å². The number of carbonyl (C=O) groups excluding carboxylic acids is 1. The Balaban J connectivity index is 1.35. The van der Waals surface area contributed by atoms with Gasteiger partial charge < -0.3 is 10.6 Å². The lowest BCUT2D eigenvalue weighted by Crippen LogP contribution is -2.33. The molecule has 2 atom stereocenters. The van der Waals surface area contributed by atoms with Gasteiger partial charge in [0.25, 0.3) is 5.56 Å². The van der Waals surface area contributed by atoms with Gasteiger partial charge in [0.15, 0.2) is 0 Å². The van der Waals surface area contributed by atoms with E-state index in [9.17, 15) is 14.0 Å². The van der Waals surface area contributed by atoms with Gasteiger partial charge >= 0.3 is 6.03 Å². The van der Waals surface area contributed by atoms with Crippen molar-refractivity contribution in [3.05, 3.63) is 70.0 Å². The maximum absolute atomic E-state index is 13.5. The first kappa shape index (κ1) is 24.4. The summed E-state index contributed by atoms with van der Waals surface area (Å²) in [6, 6.07) is 8.93. The Bertz CT molecular complexity index is 1550. The van der Waals surface area contributed by atoms with Crippen LogP contribution in [0.3, 0.4) is 0 Å². The van der Waals surface area contributed by atoms with Crippen molar-refractivity contribution in [3.8, 4) is 5.69 Å². The number of rotatable bonds is 5. The number of nitrogens with zero attached hydrogens (tertiary/aromatic N) is 5. The Hall–Kier alpha value is -4.28. The molecule has 5 rings (SSSR count). The number of urea groups is 1. The summed E-state index contributed by atoms with van der Waals surface area (Å²) in [5.41, 5.74) is 2.16. The van der Waals surface area contributed by atoms with Gasteiger partial charge in [-0.1, -0.05) is 20.8 Å². The van der Waals surface area contributed by atoms with Gasteiger partial charge in [-0.05, 0) is 36.8 Å². The van der Waals surface area contributed by atoms with Gasteiger partial charge in [-0.15, -0.1) is 0 Å². The maximum Gasteiger partial charge on any atom is 0.320 e. The van der Waals surface area contributed by atoms with Gasteiger partial charge in [0.1, 0.15) is 17.3 Å². The summed E-state index contributed by atoms with van der Waals surface area (Å²) in [6.45, 7) is 6.08. The third kappa shape index (κ3) is 4.76. The normalized spacial score (nSPS) is 17.0. The van der Waals surface area contributed by atoms with Crippen LogP contribution in [-0.2, 0) is 12.5 Å². The van der Waals surface area contributed by atoms with Gasteiger partial charge in [-0.3, -0.25) is 14.7 Å². The average molecular weight is 505 g/mol. The lowest BCUT2D eigenvalue weighted by molar-refractivity contribution is 0.251. The van der Waals surface area contributed by atoms with Crippen LogP contribution in [0, 0.1) is 5.82 Å². The number of aryl methyl sites for hydroxylation is 1. The van der Waals surface area contributed by atoms with Crippen LogP contribution in [0.4, 0.5) is 21.0 Å². The molecule has 1 aromatic carbocycles. The highest BCUT2D eigenvalue weighted by atomic mass is 19.1. The Morgan fingerprint density at radius 2 is 1.89 bits per heavy atom. The van der Waals surface area contributed by atoms with Crippen LogP contribution < -0.4 is 21.5 Å². The van der Waals surface area contributed by atoms with Crippen molar-refractivity contribution in [1.82, 2.24) is 29.6 Å². The van der Waals surface area contributed by atoms with Gasteiger partial charge in [0, 0.05) is 54.7 Å². The first-order chi connectivity index (χ1) is 17.5. The van der Waals surface area contributed by atoms with Crippen LogP contribution >= 0.6 is 0 Å². The molecule has 1 saturated carbocycles. The van der Waals surface area contributed by atoms with Gasteiger partial charge in [0.2, 0.25) is 5.95 Å². The van der Waals surface area contributed by atoms with Gasteiger partial charge in [-0.25, -0.2) is 18.9 Å². The zero-order chi connectivity index (χ0) is 26.5. The minimum Gasteiger partial charge on any atom is -0.357 e. The van der Waals surface area contributed by atoms with Crippen LogP contribution in [0.5, 0.6) is 0 Å². The molecule has 1 aliphatic rings. The first-order valence-electron chi connectivity index (χ1n) is 12.0. The van der Waals surface area contributed by atoms with E-state index >= 15 is 0 Å². The lowest BCUT2D eigenvalue weighted by Gasteiger charge is -2.14. The molecular weight excluding hydrogens is 475 g/mol. The lowest BCUT2D eigenvalue weighted by atomic mass is 9.92. The summed E-state index contributed by atoms with van der Waals surface area (Å²) in [7, 11) is 3.40. The van der Waals surface area contributed by atoms with E-state index in [0.29, 0.717) is 35.1 Å². The van der Waals surface area contributed by atoms with Crippen molar-refractivity contribution >= 4 is 28.8 Å². The molecule has 4 aromatic rings. The summed E-state index contributed by atoms with van der Waals surface area (Å²) < 4.78 is 16.6. The van der Waals surface area contributed by atoms with Crippen molar-refractivity contribution in [2.45, 2.75) is 44.6 Å². The fraction of sp³-hybridized carbons (Fsp3) is 0.346. The minimum atomic E-state index is -0.407. The summed E-state index contributed by atoms with van der Waals surface area (Å²) in [4.78, 5) is 34.6. The standard InChI is InChI=1S/C26H29FN8O2/c1-26(2,3)20-12-21(35(33-20)16-8-6-15(27)7-9-16)31-25(37)30-19-11-17(19)18-10-14-13-29-24(28-4)32-22(14)34(5)23(18)36/h6-10,12-13,17,19H,11H2,1-5H3,(H,28,29,32)(H2,30,31,37). The topological polar surface area (TPSA) is 119 Å². The number of halogens is 1. The zero-order valence-electron chi connectivity index (χ0n) is 21.3. The summed E-state index contributed by atoms with van der Waals surface area (Å²) in [5.74, 6) is 0.440. The molecule has 0 radical (unpaired) electrons. The molecule has 2 amide bonds. The van der Waals surface area contributed by atoms with Crippen LogP contribution in [0.1, 0.15) is 44.4 Å². The largest absolute Gasteiger partial charge is 0.357 e. The molecule has 2 unspecified atom stereocenters. The number of fused-ring (bicyclic) bond motifs is 1. The first-order valence-corrected chi connectivity index (χ1v) is 12.0. The third-order valence-electron chi connectivity index (χ3n) is 6.50.